The molecule has 0 amide bonds. The predicted molar refractivity (Wildman–Crippen MR) is 52.4 cm³/mol. The Morgan fingerprint density at radius 2 is 2.36 bits per heavy atom. The minimum absolute atomic E-state index is 0.0774. The van der Waals surface area contributed by atoms with Gasteiger partial charge in [0.25, 0.3) is 0 Å². The SMILES string of the molecule is CC(N)c1nnnn1CCC1CCC1. The Hall–Kier alpha value is -0.970. The normalized spacial score (nSPS) is 19.3. The molecule has 1 saturated carbocycles. The molecule has 1 aromatic rings. The summed E-state index contributed by atoms with van der Waals surface area (Å²) in [7, 11) is 0. The minimum Gasteiger partial charge on any atom is -0.322 e. The van der Waals surface area contributed by atoms with E-state index in [2.05, 4.69) is 15.5 Å². The quantitative estimate of drug-likeness (QED) is 0.774. The first-order valence-corrected chi connectivity index (χ1v) is 5.29. The van der Waals surface area contributed by atoms with Crippen molar-refractivity contribution in [2.24, 2.45) is 11.7 Å². The van der Waals surface area contributed by atoms with Gasteiger partial charge in [0.1, 0.15) is 0 Å². The van der Waals surface area contributed by atoms with Gasteiger partial charge in [-0.05, 0) is 29.7 Å². The molecule has 1 aliphatic rings. The fourth-order valence-corrected chi connectivity index (χ4v) is 1.78. The molecule has 0 spiro atoms. The van der Waals surface area contributed by atoms with Crippen LogP contribution in [0.2, 0.25) is 0 Å². The lowest BCUT2D eigenvalue weighted by molar-refractivity contribution is 0.275. The van der Waals surface area contributed by atoms with E-state index in [0.717, 1.165) is 18.3 Å². The van der Waals surface area contributed by atoms with Crippen molar-refractivity contribution in [1.82, 2.24) is 20.2 Å². The van der Waals surface area contributed by atoms with Crippen molar-refractivity contribution in [3.63, 3.8) is 0 Å². The fourth-order valence-electron chi connectivity index (χ4n) is 1.78. The van der Waals surface area contributed by atoms with Gasteiger partial charge < -0.3 is 5.73 Å². The van der Waals surface area contributed by atoms with Gasteiger partial charge in [0.05, 0.1) is 6.04 Å². The standard InChI is InChI=1S/C9H17N5/c1-7(10)9-11-12-13-14(9)6-5-8-3-2-4-8/h7-8H,2-6,10H2,1H3. The number of aromatic nitrogens is 4. The van der Waals surface area contributed by atoms with E-state index in [-0.39, 0.29) is 6.04 Å². The highest BCUT2D eigenvalue weighted by Gasteiger charge is 2.18. The second kappa shape index (κ2) is 4.04. The van der Waals surface area contributed by atoms with E-state index in [1.165, 1.54) is 25.7 Å². The van der Waals surface area contributed by atoms with Crippen LogP contribution in [0.25, 0.3) is 0 Å². The molecule has 5 nitrogen and oxygen atoms in total. The van der Waals surface area contributed by atoms with E-state index in [1.807, 2.05) is 11.6 Å². The molecule has 0 aromatic carbocycles. The van der Waals surface area contributed by atoms with Crippen LogP contribution in [0.15, 0.2) is 0 Å². The topological polar surface area (TPSA) is 69.6 Å². The van der Waals surface area contributed by atoms with Crippen molar-refractivity contribution < 1.29 is 0 Å². The molecule has 1 fully saturated rings. The summed E-state index contributed by atoms with van der Waals surface area (Å²) in [6.45, 7) is 2.82. The molecule has 5 heteroatoms. The van der Waals surface area contributed by atoms with Crippen molar-refractivity contribution >= 4 is 0 Å². The van der Waals surface area contributed by atoms with E-state index in [9.17, 15) is 0 Å². The van der Waals surface area contributed by atoms with Gasteiger partial charge in [-0.15, -0.1) is 5.10 Å². The molecular formula is C9H17N5. The van der Waals surface area contributed by atoms with Gasteiger partial charge in [-0.1, -0.05) is 19.3 Å². The Labute approximate surface area is 83.7 Å². The smallest absolute Gasteiger partial charge is 0.167 e. The van der Waals surface area contributed by atoms with Crippen molar-refractivity contribution in [3.8, 4) is 0 Å². The maximum absolute atomic E-state index is 5.75. The largest absolute Gasteiger partial charge is 0.322 e. The number of nitrogens with two attached hydrogens (primary N) is 1. The molecule has 1 aromatic heterocycles. The van der Waals surface area contributed by atoms with E-state index in [4.69, 9.17) is 5.73 Å². The third kappa shape index (κ3) is 1.92. The Balaban J connectivity index is 1.90. The number of tetrazole rings is 1. The van der Waals surface area contributed by atoms with Crippen LogP contribution in [0.4, 0.5) is 0 Å². The molecule has 0 aliphatic heterocycles. The number of rotatable bonds is 4. The summed E-state index contributed by atoms with van der Waals surface area (Å²) < 4.78 is 1.84. The van der Waals surface area contributed by atoms with Gasteiger partial charge in [-0.25, -0.2) is 4.68 Å². The molecule has 2 rings (SSSR count). The lowest BCUT2D eigenvalue weighted by atomic mass is 9.83. The monoisotopic (exact) mass is 195 g/mol. The Morgan fingerprint density at radius 3 is 2.93 bits per heavy atom. The third-order valence-corrected chi connectivity index (χ3v) is 2.94. The summed E-state index contributed by atoms with van der Waals surface area (Å²) in [6.07, 6.45) is 5.32. The van der Waals surface area contributed by atoms with E-state index >= 15 is 0 Å². The van der Waals surface area contributed by atoms with Crippen LogP contribution < -0.4 is 5.73 Å². The van der Waals surface area contributed by atoms with Gasteiger partial charge in [0, 0.05) is 6.54 Å². The summed E-state index contributed by atoms with van der Waals surface area (Å²) in [4.78, 5) is 0. The number of hydrogen-bond acceptors (Lipinski definition) is 4. The molecule has 0 bridgehead atoms. The maximum atomic E-state index is 5.75. The lowest BCUT2D eigenvalue weighted by Gasteiger charge is -2.25. The molecule has 1 atom stereocenters. The highest BCUT2D eigenvalue weighted by molar-refractivity contribution is 4.87. The first-order valence-electron chi connectivity index (χ1n) is 5.29. The predicted octanol–water partition coefficient (Wildman–Crippen LogP) is 0.883. The molecule has 2 N–H and O–H groups in total. The maximum Gasteiger partial charge on any atom is 0.167 e. The van der Waals surface area contributed by atoms with Crippen molar-refractivity contribution in [3.05, 3.63) is 5.82 Å². The zero-order chi connectivity index (χ0) is 9.97. The molecule has 14 heavy (non-hydrogen) atoms. The zero-order valence-electron chi connectivity index (χ0n) is 8.56. The van der Waals surface area contributed by atoms with Gasteiger partial charge in [0.15, 0.2) is 5.82 Å². The summed E-state index contributed by atoms with van der Waals surface area (Å²) in [5.74, 6) is 1.68. The highest BCUT2D eigenvalue weighted by atomic mass is 15.5. The Morgan fingerprint density at radius 1 is 1.57 bits per heavy atom. The Bertz CT molecular complexity index is 289. The number of aryl methyl sites for hydroxylation is 1. The van der Waals surface area contributed by atoms with Crippen molar-refractivity contribution in [2.75, 3.05) is 0 Å². The van der Waals surface area contributed by atoms with Gasteiger partial charge >= 0.3 is 0 Å². The zero-order valence-corrected chi connectivity index (χ0v) is 8.56. The summed E-state index contributed by atoms with van der Waals surface area (Å²) in [5, 5.41) is 11.5. The van der Waals surface area contributed by atoms with Crippen LogP contribution in [0.5, 0.6) is 0 Å². The van der Waals surface area contributed by atoms with Crippen LogP contribution in [-0.4, -0.2) is 20.2 Å². The molecule has 78 valence electrons. The average Bonchev–Trinajstić information content (AvgIpc) is 2.49. The summed E-state index contributed by atoms with van der Waals surface area (Å²) in [5.41, 5.74) is 5.75. The minimum atomic E-state index is -0.0774. The Kier molecular flexibility index (Phi) is 2.77. The van der Waals surface area contributed by atoms with Crippen LogP contribution in [0.1, 0.15) is 44.5 Å². The van der Waals surface area contributed by atoms with Crippen LogP contribution >= 0.6 is 0 Å². The summed E-state index contributed by atoms with van der Waals surface area (Å²) in [6, 6.07) is -0.0774. The van der Waals surface area contributed by atoms with Crippen LogP contribution in [0.3, 0.4) is 0 Å². The first kappa shape index (κ1) is 9.58. The average molecular weight is 195 g/mol. The second-order valence-electron chi connectivity index (χ2n) is 4.13. The van der Waals surface area contributed by atoms with Crippen molar-refractivity contribution in [1.29, 1.82) is 0 Å². The van der Waals surface area contributed by atoms with E-state index < -0.39 is 0 Å². The second-order valence-corrected chi connectivity index (χ2v) is 4.13. The van der Waals surface area contributed by atoms with E-state index in [1.54, 1.807) is 0 Å². The van der Waals surface area contributed by atoms with Crippen LogP contribution in [0, 0.1) is 5.92 Å². The molecular weight excluding hydrogens is 178 g/mol. The van der Waals surface area contributed by atoms with E-state index in [0.29, 0.717) is 0 Å². The van der Waals surface area contributed by atoms with Gasteiger partial charge in [0.2, 0.25) is 0 Å². The van der Waals surface area contributed by atoms with Crippen LogP contribution in [-0.2, 0) is 6.54 Å². The third-order valence-electron chi connectivity index (χ3n) is 2.94. The lowest BCUT2D eigenvalue weighted by Crippen LogP contribution is -2.18. The number of nitrogens with zero attached hydrogens (tertiary/aromatic N) is 4. The molecule has 0 saturated heterocycles. The van der Waals surface area contributed by atoms with Gasteiger partial charge in [-0.2, -0.15) is 0 Å². The summed E-state index contributed by atoms with van der Waals surface area (Å²) >= 11 is 0. The van der Waals surface area contributed by atoms with Crippen molar-refractivity contribution in [2.45, 2.75) is 45.2 Å². The number of hydrogen-bond donors (Lipinski definition) is 1. The molecule has 1 aliphatic carbocycles. The fraction of sp³-hybridized carbons (Fsp3) is 0.889. The first-order chi connectivity index (χ1) is 6.77. The van der Waals surface area contributed by atoms with Gasteiger partial charge in [-0.3, -0.25) is 0 Å². The highest BCUT2D eigenvalue weighted by Crippen LogP contribution is 2.29. The molecule has 1 unspecified atom stereocenters. The molecule has 1 heterocycles. The molecule has 0 radical (unpaired) electrons.